The Morgan fingerprint density at radius 3 is 2.72 bits per heavy atom. The van der Waals surface area contributed by atoms with E-state index in [1.165, 1.54) is 19.3 Å². The molecule has 7 heteroatoms. The van der Waals surface area contributed by atoms with Crippen molar-refractivity contribution in [2.45, 2.75) is 19.3 Å². The highest BCUT2D eigenvalue weighted by Crippen LogP contribution is 2.28. The maximum Gasteiger partial charge on any atom is 0.511 e. The highest BCUT2D eigenvalue weighted by atomic mass is 16.7. The fraction of sp³-hybridized carbons (Fsp3) is 0.278. The molecule has 2 aromatic heterocycles. The minimum absolute atomic E-state index is 0.213. The van der Waals surface area contributed by atoms with Gasteiger partial charge in [-0.3, -0.25) is 0 Å². The maximum atomic E-state index is 10.8. The molecule has 3 heterocycles. The first-order valence-electron chi connectivity index (χ1n) is 8.31. The predicted octanol–water partition coefficient (Wildman–Crippen LogP) is 3.67. The number of imidazole rings is 1. The first kappa shape index (κ1) is 15.4. The summed E-state index contributed by atoms with van der Waals surface area (Å²) in [4.78, 5) is 25.3. The number of benzene rings is 1. The van der Waals surface area contributed by atoms with E-state index < -0.39 is 6.16 Å². The van der Waals surface area contributed by atoms with Gasteiger partial charge in [-0.05, 0) is 43.5 Å². The Balaban J connectivity index is 1.64. The molecule has 1 aliphatic rings. The number of aromatic amines is 1. The molecule has 0 aliphatic carbocycles. The van der Waals surface area contributed by atoms with Crippen LogP contribution >= 0.6 is 0 Å². The van der Waals surface area contributed by atoms with E-state index in [-0.39, 0.29) is 5.75 Å². The van der Waals surface area contributed by atoms with Crippen LogP contribution in [0.25, 0.3) is 22.4 Å². The zero-order valence-corrected chi connectivity index (χ0v) is 13.6. The van der Waals surface area contributed by atoms with E-state index in [9.17, 15) is 4.79 Å². The number of rotatable bonds is 3. The summed E-state index contributed by atoms with van der Waals surface area (Å²) in [7, 11) is 0. The summed E-state index contributed by atoms with van der Waals surface area (Å²) in [6.45, 7) is 2.10. The Labute approximate surface area is 144 Å². The second kappa shape index (κ2) is 6.43. The number of nitrogens with zero attached hydrogens (tertiary/aromatic N) is 3. The first-order chi connectivity index (χ1) is 12.2. The second-order valence-electron chi connectivity index (χ2n) is 6.06. The molecule has 1 fully saturated rings. The molecule has 3 aromatic rings. The average Bonchev–Trinajstić information content (AvgIpc) is 3.08. The van der Waals surface area contributed by atoms with Gasteiger partial charge in [0, 0.05) is 24.8 Å². The highest BCUT2D eigenvalue weighted by Gasteiger charge is 2.14. The summed E-state index contributed by atoms with van der Waals surface area (Å²) in [6, 6.07) is 9.12. The van der Waals surface area contributed by atoms with Crippen molar-refractivity contribution >= 4 is 23.0 Å². The maximum absolute atomic E-state index is 10.8. The topological polar surface area (TPSA) is 91.3 Å². The van der Waals surface area contributed by atoms with E-state index in [1.807, 2.05) is 18.2 Å². The van der Waals surface area contributed by atoms with Crippen LogP contribution in [0.2, 0.25) is 0 Å². The predicted molar refractivity (Wildman–Crippen MR) is 94.0 cm³/mol. The van der Waals surface area contributed by atoms with Gasteiger partial charge >= 0.3 is 6.16 Å². The van der Waals surface area contributed by atoms with Crippen LogP contribution in [-0.4, -0.2) is 39.3 Å². The van der Waals surface area contributed by atoms with Crippen molar-refractivity contribution in [1.82, 2.24) is 15.0 Å². The van der Waals surface area contributed by atoms with Crippen LogP contribution in [0.4, 0.5) is 10.6 Å². The Morgan fingerprint density at radius 1 is 1.16 bits per heavy atom. The largest absolute Gasteiger partial charge is 0.511 e. The summed E-state index contributed by atoms with van der Waals surface area (Å²) in [6.07, 6.45) is 4.14. The Morgan fingerprint density at radius 2 is 2.00 bits per heavy atom. The van der Waals surface area contributed by atoms with Crippen LogP contribution in [0.3, 0.4) is 0 Å². The van der Waals surface area contributed by atoms with Crippen molar-refractivity contribution in [3.8, 4) is 17.1 Å². The smallest absolute Gasteiger partial charge is 0.449 e. The lowest BCUT2D eigenvalue weighted by atomic mass is 10.1. The van der Waals surface area contributed by atoms with Gasteiger partial charge < -0.3 is 19.7 Å². The van der Waals surface area contributed by atoms with E-state index in [0.29, 0.717) is 16.9 Å². The van der Waals surface area contributed by atoms with Crippen LogP contribution in [0, 0.1) is 0 Å². The second-order valence-corrected chi connectivity index (χ2v) is 6.06. The molecule has 0 atom stereocenters. The summed E-state index contributed by atoms with van der Waals surface area (Å²) < 4.78 is 4.79. The first-order valence-corrected chi connectivity index (χ1v) is 8.31. The summed E-state index contributed by atoms with van der Waals surface area (Å²) >= 11 is 0. The third kappa shape index (κ3) is 3.13. The van der Waals surface area contributed by atoms with Crippen molar-refractivity contribution in [2.75, 3.05) is 18.0 Å². The monoisotopic (exact) mass is 338 g/mol. The zero-order chi connectivity index (χ0) is 17.2. The molecule has 0 unspecified atom stereocenters. The minimum Gasteiger partial charge on any atom is -0.449 e. The third-order valence-corrected chi connectivity index (χ3v) is 4.37. The molecule has 2 N–H and O–H groups in total. The number of anilines is 1. The fourth-order valence-corrected chi connectivity index (χ4v) is 3.16. The molecule has 128 valence electrons. The fourth-order valence-electron chi connectivity index (χ4n) is 3.16. The van der Waals surface area contributed by atoms with Crippen molar-refractivity contribution in [3.63, 3.8) is 0 Å². The van der Waals surface area contributed by atoms with E-state index in [1.54, 1.807) is 18.3 Å². The number of pyridine rings is 1. The number of ether oxygens (including phenoxy) is 1. The van der Waals surface area contributed by atoms with Gasteiger partial charge in [-0.1, -0.05) is 6.07 Å². The summed E-state index contributed by atoms with van der Waals surface area (Å²) in [5.41, 5.74) is 2.05. The lowest BCUT2D eigenvalue weighted by Crippen LogP contribution is -2.29. The standard InChI is InChI=1S/C18H18N4O3/c23-18(24)25-14-6-4-5-13-16(14)21-17(20-13)12-7-8-15(19-11-12)22-9-2-1-3-10-22/h4-8,11H,1-3,9-10H2,(H,20,21)(H,23,24). The van der Waals surface area contributed by atoms with E-state index in [0.717, 1.165) is 24.5 Å². The quantitative estimate of drug-likeness (QED) is 0.559. The molecular formula is C18H18N4O3. The molecular weight excluding hydrogens is 320 g/mol. The van der Waals surface area contributed by atoms with Gasteiger partial charge in [0.15, 0.2) is 5.75 Å². The summed E-state index contributed by atoms with van der Waals surface area (Å²) in [5, 5.41) is 8.83. The molecule has 7 nitrogen and oxygen atoms in total. The lowest BCUT2D eigenvalue weighted by Gasteiger charge is -2.27. The third-order valence-electron chi connectivity index (χ3n) is 4.37. The molecule has 0 spiro atoms. The molecule has 0 bridgehead atoms. The Bertz CT molecular complexity index is 898. The number of carbonyl (C=O) groups is 1. The van der Waals surface area contributed by atoms with Gasteiger partial charge in [0.2, 0.25) is 0 Å². The number of nitrogens with one attached hydrogen (secondary N) is 1. The molecule has 0 radical (unpaired) electrons. The molecule has 1 aliphatic heterocycles. The van der Waals surface area contributed by atoms with Gasteiger partial charge in [-0.15, -0.1) is 0 Å². The number of para-hydroxylation sites is 1. The zero-order valence-electron chi connectivity index (χ0n) is 13.6. The number of hydrogen-bond acceptors (Lipinski definition) is 5. The lowest BCUT2D eigenvalue weighted by molar-refractivity contribution is 0.145. The van der Waals surface area contributed by atoms with E-state index in [2.05, 4.69) is 19.9 Å². The molecule has 25 heavy (non-hydrogen) atoms. The molecule has 0 saturated carbocycles. The Hall–Kier alpha value is -3.09. The van der Waals surface area contributed by atoms with Crippen LogP contribution in [0.5, 0.6) is 5.75 Å². The minimum atomic E-state index is -1.36. The number of hydrogen-bond donors (Lipinski definition) is 2. The van der Waals surface area contributed by atoms with Crippen molar-refractivity contribution in [2.24, 2.45) is 0 Å². The van der Waals surface area contributed by atoms with Crippen LogP contribution in [-0.2, 0) is 0 Å². The number of H-pyrrole nitrogens is 1. The van der Waals surface area contributed by atoms with Crippen molar-refractivity contribution < 1.29 is 14.6 Å². The van der Waals surface area contributed by atoms with Crippen molar-refractivity contribution in [1.29, 1.82) is 0 Å². The van der Waals surface area contributed by atoms with E-state index in [4.69, 9.17) is 9.84 Å². The average molecular weight is 338 g/mol. The molecule has 0 amide bonds. The molecule has 1 aromatic carbocycles. The van der Waals surface area contributed by atoms with E-state index >= 15 is 0 Å². The SMILES string of the molecule is O=C(O)Oc1cccc2[nH]c(-c3ccc(N4CCCCC4)nc3)nc12. The van der Waals surface area contributed by atoms with Crippen LogP contribution in [0.1, 0.15) is 19.3 Å². The van der Waals surface area contributed by atoms with Gasteiger partial charge in [-0.2, -0.15) is 0 Å². The van der Waals surface area contributed by atoms with Crippen molar-refractivity contribution in [3.05, 3.63) is 36.5 Å². The Kier molecular flexibility index (Phi) is 3.97. The highest BCUT2D eigenvalue weighted by molar-refractivity contribution is 5.86. The number of piperidine rings is 1. The van der Waals surface area contributed by atoms with Gasteiger partial charge in [0.05, 0.1) is 5.52 Å². The molecule has 1 saturated heterocycles. The molecule has 4 rings (SSSR count). The number of aromatic nitrogens is 3. The number of fused-ring (bicyclic) bond motifs is 1. The normalized spacial score (nSPS) is 14.6. The van der Waals surface area contributed by atoms with Gasteiger partial charge in [0.25, 0.3) is 0 Å². The van der Waals surface area contributed by atoms with Crippen LogP contribution < -0.4 is 9.64 Å². The number of carboxylic acid groups (broad SMARTS) is 1. The summed E-state index contributed by atoms with van der Waals surface area (Å²) in [5.74, 6) is 1.83. The van der Waals surface area contributed by atoms with Gasteiger partial charge in [0.1, 0.15) is 17.2 Å². The van der Waals surface area contributed by atoms with Crippen LogP contribution in [0.15, 0.2) is 36.5 Å². The van der Waals surface area contributed by atoms with Gasteiger partial charge in [-0.25, -0.2) is 14.8 Å².